The zero-order chi connectivity index (χ0) is 9.84. The monoisotopic (exact) mass is 182 g/mol. The Balaban J connectivity index is 2.64. The van der Waals surface area contributed by atoms with Crippen molar-refractivity contribution < 1.29 is 9.53 Å². The lowest BCUT2D eigenvalue weighted by atomic mass is 10.3. The van der Waals surface area contributed by atoms with Crippen LogP contribution in [0.4, 0.5) is 0 Å². The molecule has 4 nitrogen and oxygen atoms in total. The van der Waals surface area contributed by atoms with Crippen LogP contribution < -0.4 is 0 Å². The van der Waals surface area contributed by atoms with Crippen LogP contribution in [0.2, 0.25) is 0 Å². The molecule has 1 aromatic heterocycles. The van der Waals surface area contributed by atoms with Gasteiger partial charge in [-0.05, 0) is 13.8 Å². The first-order valence-electron chi connectivity index (χ1n) is 4.19. The summed E-state index contributed by atoms with van der Waals surface area (Å²) in [6.45, 7) is 4.15. The Morgan fingerprint density at radius 3 is 2.92 bits per heavy atom. The summed E-state index contributed by atoms with van der Waals surface area (Å²) in [6.07, 6.45) is 3.42. The molecule has 72 valence electrons. The zero-order valence-corrected chi connectivity index (χ0v) is 8.15. The second kappa shape index (κ2) is 4.18. The minimum atomic E-state index is 0.0383. The number of ether oxygens (including phenoxy) is 1. The van der Waals surface area contributed by atoms with Crippen LogP contribution in [0.3, 0.4) is 0 Å². The van der Waals surface area contributed by atoms with E-state index in [1.807, 2.05) is 6.92 Å². The van der Waals surface area contributed by atoms with Crippen molar-refractivity contribution in [1.82, 2.24) is 9.78 Å². The van der Waals surface area contributed by atoms with Crippen molar-refractivity contribution in [1.29, 1.82) is 0 Å². The molecule has 0 saturated heterocycles. The standard InChI is InChI=1S/C9H14N2O2/c1-7(13-3)5-11-6-9(4-10-11)8(2)12/h4,6-7H,5H2,1-3H3. The largest absolute Gasteiger partial charge is 0.380 e. The van der Waals surface area contributed by atoms with Gasteiger partial charge in [-0.3, -0.25) is 9.48 Å². The number of methoxy groups -OCH3 is 1. The molecule has 0 fully saturated rings. The van der Waals surface area contributed by atoms with E-state index in [0.29, 0.717) is 12.1 Å². The van der Waals surface area contributed by atoms with Crippen molar-refractivity contribution in [2.45, 2.75) is 26.5 Å². The van der Waals surface area contributed by atoms with Gasteiger partial charge in [0.15, 0.2) is 5.78 Å². The van der Waals surface area contributed by atoms with Crippen molar-refractivity contribution >= 4 is 5.78 Å². The van der Waals surface area contributed by atoms with E-state index in [4.69, 9.17) is 4.74 Å². The van der Waals surface area contributed by atoms with Crippen molar-refractivity contribution in [3.63, 3.8) is 0 Å². The SMILES string of the molecule is COC(C)Cn1cc(C(C)=O)cn1. The zero-order valence-electron chi connectivity index (χ0n) is 8.15. The van der Waals surface area contributed by atoms with Gasteiger partial charge >= 0.3 is 0 Å². The Bertz CT molecular complexity index is 294. The summed E-state index contributed by atoms with van der Waals surface area (Å²) < 4.78 is 6.79. The Morgan fingerprint density at radius 2 is 2.46 bits per heavy atom. The van der Waals surface area contributed by atoms with Gasteiger partial charge in [0.2, 0.25) is 0 Å². The van der Waals surface area contributed by atoms with Gasteiger partial charge in [-0.25, -0.2) is 0 Å². The Hall–Kier alpha value is -1.16. The topological polar surface area (TPSA) is 44.1 Å². The molecule has 0 bridgehead atoms. The molecule has 0 aliphatic rings. The van der Waals surface area contributed by atoms with Gasteiger partial charge < -0.3 is 4.74 Å². The fraction of sp³-hybridized carbons (Fsp3) is 0.556. The molecule has 1 aromatic rings. The highest BCUT2D eigenvalue weighted by Crippen LogP contribution is 2.00. The van der Waals surface area contributed by atoms with E-state index in [-0.39, 0.29) is 11.9 Å². The Labute approximate surface area is 77.5 Å². The normalized spacial score (nSPS) is 12.8. The molecule has 0 saturated carbocycles. The third-order valence-corrected chi connectivity index (χ3v) is 1.89. The van der Waals surface area contributed by atoms with Gasteiger partial charge in [-0.2, -0.15) is 5.10 Å². The predicted molar refractivity (Wildman–Crippen MR) is 48.7 cm³/mol. The highest BCUT2D eigenvalue weighted by atomic mass is 16.5. The van der Waals surface area contributed by atoms with E-state index in [0.717, 1.165) is 0 Å². The molecule has 1 rings (SSSR count). The van der Waals surface area contributed by atoms with E-state index in [1.54, 1.807) is 24.2 Å². The fourth-order valence-electron chi connectivity index (χ4n) is 0.983. The van der Waals surface area contributed by atoms with Gasteiger partial charge in [0, 0.05) is 13.3 Å². The van der Waals surface area contributed by atoms with E-state index < -0.39 is 0 Å². The van der Waals surface area contributed by atoms with Gasteiger partial charge in [0.05, 0.1) is 24.4 Å². The molecule has 1 heterocycles. The number of carbonyl (C=O) groups is 1. The molecule has 4 heteroatoms. The van der Waals surface area contributed by atoms with Crippen LogP contribution in [0.15, 0.2) is 12.4 Å². The van der Waals surface area contributed by atoms with Crippen molar-refractivity contribution in [2.24, 2.45) is 0 Å². The lowest BCUT2D eigenvalue weighted by Crippen LogP contribution is -2.14. The molecule has 1 unspecified atom stereocenters. The minimum Gasteiger partial charge on any atom is -0.380 e. The summed E-state index contributed by atoms with van der Waals surface area (Å²) >= 11 is 0. The predicted octanol–water partition coefficient (Wildman–Crippen LogP) is 1.12. The highest BCUT2D eigenvalue weighted by Gasteiger charge is 2.05. The molecule has 13 heavy (non-hydrogen) atoms. The average molecular weight is 182 g/mol. The summed E-state index contributed by atoms with van der Waals surface area (Å²) in [5.74, 6) is 0.0383. The van der Waals surface area contributed by atoms with E-state index >= 15 is 0 Å². The molecule has 0 amide bonds. The molecular formula is C9H14N2O2. The summed E-state index contributed by atoms with van der Waals surface area (Å²) in [4.78, 5) is 10.9. The van der Waals surface area contributed by atoms with Crippen molar-refractivity contribution in [2.75, 3.05) is 7.11 Å². The minimum absolute atomic E-state index is 0.0383. The van der Waals surface area contributed by atoms with E-state index in [9.17, 15) is 4.79 Å². The van der Waals surface area contributed by atoms with E-state index in [2.05, 4.69) is 5.10 Å². The summed E-state index contributed by atoms with van der Waals surface area (Å²) in [6, 6.07) is 0. The number of nitrogens with zero attached hydrogens (tertiary/aromatic N) is 2. The maximum Gasteiger partial charge on any atom is 0.162 e. The molecule has 1 atom stereocenters. The second-order valence-corrected chi connectivity index (χ2v) is 3.05. The average Bonchev–Trinajstić information content (AvgIpc) is 2.52. The van der Waals surface area contributed by atoms with Gasteiger partial charge in [-0.15, -0.1) is 0 Å². The molecule has 0 aliphatic carbocycles. The van der Waals surface area contributed by atoms with Gasteiger partial charge in [-0.1, -0.05) is 0 Å². The number of hydrogen-bond acceptors (Lipinski definition) is 3. The number of rotatable bonds is 4. The Morgan fingerprint density at radius 1 is 1.77 bits per heavy atom. The van der Waals surface area contributed by atoms with Crippen LogP contribution in [-0.2, 0) is 11.3 Å². The number of Topliss-reactive ketones (excluding diaryl/α,β-unsaturated/α-hetero) is 1. The summed E-state index contributed by atoms with van der Waals surface area (Å²) in [5, 5.41) is 4.04. The molecule has 0 aliphatic heterocycles. The number of hydrogen-bond donors (Lipinski definition) is 0. The summed E-state index contributed by atoms with van der Waals surface area (Å²) in [7, 11) is 1.65. The molecular weight excluding hydrogens is 168 g/mol. The van der Waals surface area contributed by atoms with Crippen LogP contribution in [0.25, 0.3) is 0 Å². The van der Waals surface area contributed by atoms with Gasteiger partial charge in [0.1, 0.15) is 0 Å². The molecule has 0 radical (unpaired) electrons. The van der Waals surface area contributed by atoms with Crippen LogP contribution in [0.5, 0.6) is 0 Å². The lowest BCUT2D eigenvalue weighted by Gasteiger charge is -2.08. The summed E-state index contributed by atoms with van der Waals surface area (Å²) in [5.41, 5.74) is 0.642. The Kier molecular flexibility index (Phi) is 3.19. The second-order valence-electron chi connectivity index (χ2n) is 3.05. The quantitative estimate of drug-likeness (QED) is 0.655. The lowest BCUT2D eigenvalue weighted by molar-refractivity contribution is 0.0989. The van der Waals surface area contributed by atoms with Crippen molar-refractivity contribution in [3.8, 4) is 0 Å². The molecule has 0 N–H and O–H groups in total. The first kappa shape index (κ1) is 9.92. The molecule has 0 aromatic carbocycles. The van der Waals surface area contributed by atoms with Crippen molar-refractivity contribution in [3.05, 3.63) is 18.0 Å². The van der Waals surface area contributed by atoms with Crippen LogP contribution >= 0.6 is 0 Å². The van der Waals surface area contributed by atoms with Crippen LogP contribution in [-0.4, -0.2) is 28.8 Å². The third kappa shape index (κ3) is 2.66. The first-order valence-corrected chi connectivity index (χ1v) is 4.19. The third-order valence-electron chi connectivity index (χ3n) is 1.89. The van der Waals surface area contributed by atoms with Crippen LogP contribution in [0.1, 0.15) is 24.2 Å². The highest BCUT2D eigenvalue weighted by molar-refractivity contribution is 5.93. The number of carbonyl (C=O) groups excluding carboxylic acids is 1. The number of aromatic nitrogens is 2. The maximum atomic E-state index is 10.9. The number of ketones is 1. The fourth-order valence-corrected chi connectivity index (χ4v) is 0.983. The van der Waals surface area contributed by atoms with Gasteiger partial charge in [0.25, 0.3) is 0 Å². The van der Waals surface area contributed by atoms with Crippen LogP contribution in [0, 0.1) is 0 Å². The maximum absolute atomic E-state index is 10.9. The molecule has 0 spiro atoms. The van der Waals surface area contributed by atoms with E-state index in [1.165, 1.54) is 6.92 Å². The smallest absolute Gasteiger partial charge is 0.162 e. The first-order chi connectivity index (χ1) is 6.13.